The Balaban J connectivity index is 2.37. The van der Waals surface area contributed by atoms with Crippen LogP contribution in [0.25, 0.3) is 0 Å². The molecular formula is C5H10N2S. The zero-order valence-electron chi connectivity index (χ0n) is 4.85. The third kappa shape index (κ3) is 1.17. The average molecular weight is 130 g/mol. The average Bonchev–Trinajstić information content (AvgIpc) is 2.14. The van der Waals surface area contributed by atoms with E-state index in [-0.39, 0.29) is 5.50 Å². The Hall–Kier alpha value is -0.150. The molecule has 1 rings (SSSR count). The van der Waals surface area contributed by atoms with E-state index >= 15 is 0 Å². The topological polar surface area (TPSA) is 38.0 Å². The van der Waals surface area contributed by atoms with Gasteiger partial charge in [0.05, 0.1) is 0 Å². The second kappa shape index (κ2) is 2.42. The highest BCUT2D eigenvalue weighted by molar-refractivity contribution is 8.02. The summed E-state index contributed by atoms with van der Waals surface area (Å²) >= 11 is 1.63. The molecule has 0 bridgehead atoms. The minimum atomic E-state index is 0.102. The molecule has 0 radical (unpaired) electrons. The predicted molar refractivity (Wildman–Crippen MR) is 37.1 cm³/mol. The molecule has 0 aromatic carbocycles. The number of rotatable bonds is 1. The van der Waals surface area contributed by atoms with Crippen molar-refractivity contribution in [1.29, 1.82) is 0 Å². The van der Waals surface area contributed by atoms with E-state index in [1.54, 1.807) is 11.8 Å². The van der Waals surface area contributed by atoms with E-state index in [0.717, 1.165) is 6.42 Å². The molecule has 0 saturated heterocycles. The van der Waals surface area contributed by atoms with Gasteiger partial charge in [-0.1, -0.05) is 18.7 Å². The molecule has 46 valence electrons. The Kier molecular flexibility index (Phi) is 1.81. The number of nitrogens with one attached hydrogen (secondary N) is 1. The Labute approximate surface area is 53.5 Å². The van der Waals surface area contributed by atoms with E-state index in [1.165, 1.54) is 5.70 Å². The lowest BCUT2D eigenvalue weighted by Gasteiger charge is -2.03. The highest BCUT2D eigenvalue weighted by Crippen LogP contribution is 2.17. The van der Waals surface area contributed by atoms with Crippen molar-refractivity contribution in [1.82, 2.24) is 5.32 Å². The molecule has 1 unspecified atom stereocenters. The van der Waals surface area contributed by atoms with Crippen LogP contribution in [0, 0.1) is 0 Å². The first kappa shape index (κ1) is 5.98. The fourth-order valence-corrected chi connectivity index (χ4v) is 1.36. The second-order valence-corrected chi connectivity index (χ2v) is 2.71. The summed E-state index contributed by atoms with van der Waals surface area (Å²) in [5.74, 6) is 0. The van der Waals surface area contributed by atoms with Crippen molar-refractivity contribution >= 4 is 11.8 Å². The third-order valence-corrected chi connectivity index (χ3v) is 1.90. The summed E-state index contributed by atoms with van der Waals surface area (Å²) in [6.07, 6.45) is 1.06. The van der Waals surface area contributed by atoms with Crippen LogP contribution in [0.1, 0.15) is 13.3 Å². The number of allylic oxidation sites excluding steroid dienone is 1. The van der Waals surface area contributed by atoms with Crippen molar-refractivity contribution in [3.63, 3.8) is 0 Å². The molecule has 2 nitrogen and oxygen atoms in total. The SMILES string of the molecule is CCC1=CSC(N)N1. The molecular weight excluding hydrogens is 120 g/mol. The molecule has 0 amide bonds. The standard InChI is InChI=1S/C5H10N2S/c1-2-4-3-8-5(6)7-4/h3,5,7H,2,6H2,1H3. The van der Waals surface area contributed by atoms with Crippen molar-refractivity contribution in [2.75, 3.05) is 0 Å². The molecule has 1 heterocycles. The minimum Gasteiger partial charge on any atom is -0.364 e. The monoisotopic (exact) mass is 130 g/mol. The number of nitrogens with two attached hydrogens (primary N) is 1. The molecule has 1 aliphatic heterocycles. The highest BCUT2D eigenvalue weighted by Gasteiger charge is 2.08. The van der Waals surface area contributed by atoms with E-state index in [2.05, 4.69) is 17.6 Å². The van der Waals surface area contributed by atoms with Gasteiger partial charge in [0.25, 0.3) is 0 Å². The maximum absolute atomic E-state index is 5.50. The summed E-state index contributed by atoms with van der Waals surface area (Å²) < 4.78 is 0. The van der Waals surface area contributed by atoms with Crippen LogP contribution in [0.5, 0.6) is 0 Å². The largest absolute Gasteiger partial charge is 0.364 e. The lowest BCUT2D eigenvalue weighted by atomic mass is 10.4. The van der Waals surface area contributed by atoms with Crippen LogP contribution in [-0.4, -0.2) is 5.50 Å². The number of hydrogen-bond donors (Lipinski definition) is 2. The Bertz CT molecular complexity index is 111. The maximum atomic E-state index is 5.50. The summed E-state index contributed by atoms with van der Waals surface area (Å²) in [7, 11) is 0. The van der Waals surface area contributed by atoms with Gasteiger partial charge in [0.2, 0.25) is 0 Å². The summed E-state index contributed by atoms with van der Waals surface area (Å²) in [5, 5.41) is 5.18. The Morgan fingerprint density at radius 3 is 3.00 bits per heavy atom. The normalized spacial score (nSPS) is 27.2. The number of thioether (sulfide) groups is 1. The van der Waals surface area contributed by atoms with Crippen LogP contribution in [0.15, 0.2) is 11.1 Å². The smallest absolute Gasteiger partial charge is 0.127 e. The highest BCUT2D eigenvalue weighted by atomic mass is 32.2. The molecule has 0 aromatic heterocycles. The van der Waals surface area contributed by atoms with Crippen LogP contribution in [-0.2, 0) is 0 Å². The Morgan fingerprint density at radius 1 is 2.00 bits per heavy atom. The van der Waals surface area contributed by atoms with E-state index in [0.29, 0.717) is 0 Å². The molecule has 0 fully saturated rings. The van der Waals surface area contributed by atoms with Gasteiger partial charge in [0.15, 0.2) is 0 Å². The van der Waals surface area contributed by atoms with Crippen molar-refractivity contribution in [3.8, 4) is 0 Å². The summed E-state index contributed by atoms with van der Waals surface area (Å²) in [4.78, 5) is 0. The fraction of sp³-hybridized carbons (Fsp3) is 0.600. The minimum absolute atomic E-state index is 0.102. The zero-order valence-corrected chi connectivity index (χ0v) is 5.66. The molecule has 0 spiro atoms. The third-order valence-electron chi connectivity index (χ3n) is 1.07. The van der Waals surface area contributed by atoms with Crippen LogP contribution in [0.4, 0.5) is 0 Å². The van der Waals surface area contributed by atoms with E-state index < -0.39 is 0 Å². The lowest BCUT2D eigenvalue weighted by molar-refractivity contribution is 0.760. The van der Waals surface area contributed by atoms with E-state index in [4.69, 9.17) is 5.73 Å². The van der Waals surface area contributed by atoms with Gasteiger partial charge in [-0.25, -0.2) is 0 Å². The summed E-state index contributed by atoms with van der Waals surface area (Å²) in [5.41, 5.74) is 6.85. The van der Waals surface area contributed by atoms with Crippen molar-refractivity contribution in [2.24, 2.45) is 5.73 Å². The molecule has 0 aromatic rings. The molecule has 1 atom stereocenters. The van der Waals surface area contributed by atoms with Crippen LogP contribution in [0.3, 0.4) is 0 Å². The number of hydrogen-bond acceptors (Lipinski definition) is 3. The molecule has 0 aliphatic carbocycles. The first-order valence-corrected chi connectivity index (χ1v) is 3.64. The Morgan fingerprint density at radius 2 is 2.75 bits per heavy atom. The molecule has 1 aliphatic rings. The van der Waals surface area contributed by atoms with Crippen molar-refractivity contribution in [2.45, 2.75) is 18.8 Å². The molecule has 3 N–H and O–H groups in total. The van der Waals surface area contributed by atoms with Gasteiger partial charge in [0.1, 0.15) is 5.50 Å². The first-order chi connectivity index (χ1) is 3.83. The fourth-order valence-electron chi connectivity index (χ4n) is 0.592. The summed E-state index contributed by atoms with van der Waals surface area (Å²) in [6, 6.07) is 0. The first-order valence-electron chi connectivity index (χ1n) is 2.69. The van der Waals surface area contributed by atoms with Gasteiger partial charge in [-0.05, 0) is 11.8 Å². The van der Waals surface area contributed by atoms with Gasteiger partial charge in [-0.15, -0.1) is 0 Å². The lowest BCUT2D eigenvalue weighted by Crippen LogP contribution is -2.28. The van der Waals surface area contributed by atoms with Crippen molar-refractivity contribution in [3.05, 3.63) is 11.1 Å². The molecule has 3 heteroatoms. The molecule has 8 heavy (non-hydrogen) atoms. The van der Waals surface area contributed by atoms with Crippen molar-refractivity contribution < 1.29 is 0 Å². The molecule has 0 saturated carbocycles. The van der Waals surface area contributed by atoms with Crippen LogP contribution in [0.2, 0.25) is 0 Å². The van der Waals surface area contributed by atoms with Gasteiger partial charge in [0, 0.05) is 5.70 Å². The second-order valence-electron chi connectivity index (χ2n) is 1.70. The maximum Gasteiger partial charge on any atom is 0.127 e. The van der Waals surface area contributed by atoms with Crippen LogP contribution >= 0.6 is 11.8 Å². The van der Waals surface area contributed by atoms with Crippen LogP contribution < -0.4 is 11.1 Å². The zero-order chi connectivity index (χ0) is 5.98. The van der Waals surface area contributed by atoms with Gasteiger partial charge >= 0.3 is 0 Å². The van der Waals surface area contributed by atoms with Gasteiger partial charge in [-0.3, -0.25) is 0 Å². The predicted octanol–water partition coefficient (Wildman–Crippen LogP) is 0.817. The summed E-state index contributed by atoms with van der Waals surface area (Å²) in [6.45, 7) is 2.11. The van der Waals surface area contributed by atoms with E-state index in [9.17, 15) is 0 Å². The van der Waals surface area contributed by atoms with Gasteiger partial charge < -0.3 is 11.1 Å². The quantitative estimate of drug-likeness (QED) is 0.552. The van der Waals surface area contributed by atoms with E-state index in [1.807, 2.05) is 0 Å². The van der Waals surface area contributed by atoms with Gasteiger partial charge in [-0.2, -0.15) is 0 Å².